The molecule has 1 rings (SSSR count). The molecule has 64 valence electrons. The van der Waals surface area contributed by atoms with E-state index in [0.29, 0.717) is 4.47 Å². The normalized spacial score (nSPS) is 9.50. The van der Waals surface area contributed by atoms with Crippen LogP contribution in [0.5, 0.6) is 0 Å². The van der Waals surface area contributed by atoms with E-state index in [0.717, 1.165) is 5.69 Å². The average molecular weight is 230 g/mol. The molecule has 0 heterocycles. The minimum Gasteiger partial charge on any atom is -0.478 e. The largest absolute Gasteiger partial charge is 0.478 e. The van der Waals surface area contributed by atoms with Crippen LogP contribution in [0.3, 0.4) is 0 Å². The van der Waals surface area contributed by atoms with Crippen molar-refractivity contribution in [2.45, 2.75) is 0 Å². The lowest BCUT2D eigenvalue weighted by molar-refractivity contribution is 0.0696. The fraction of sp³-hybridized carbons (Fsp3) is 0.125. The van der Waals surface area contributed by atoms with Crippen LogP contribution in [0.2, 0.25) is 0 Å². The van der Waals surface area contributed by atoms with Crippen molar-refractivity contribution in [3.63, 3.8) is 0 Å². The maximum atomic E-state index is 10.6. The molecule has 0 spiro atoms. The standard InChI is InChI=1S/C8H8BrNO2/c1-10-5-2-3-6(8(11)12)7(9)4-5/h2-4,10H,1H3,(H,11,12). The third-order valence-electron chi connectivity index (χ3n) is 1.49. The Labute approximate surface area is 78.5 Å². The first-order valence-corrected chi connectivity index (χ1v) is 4.15. The van der Waals surface area contributed by atoms with E-state index in [9.17, 15) is 4.79 Å². The van der Waals surface area contributed by atoms with Gasteiger partial charge in [-0.25, -0.2) is 4.79 Å². The molecular formula is C8H8BrNO2. The summed E-state index contributed by atoms with van der Waals surface area (Å²) in [6, 6.07) is 5.00. The molecule has 0 bridgehead atoms. The van der Waals surface area contributed by atoms with Gasteiger partial charge in [0.15, 0.2) is 0 Å². The van der Waals surface area contributed by atoms with Crippen molar-refractivity contribution in [1.29, 1.82) is 0 Å². The van der Waals surface area contributed by atoms with Crippen LogP contribution in [0.4, 0.5) is 5.69 Å². The zero-order valence-corrected chi connectivity index (χ0v) is 8.05. The van der Waals surface area contributed by atoms with E-state index in [2.05, 4.69) is 21.2 Å². The van der Waals surface area contributed by atoms with Crippen molar-refractivity contribution >= 4 is 27.6 Å². The Bertz CT molecular complexity index is 312. The molecule has 0 aliphatic heterocycles. The van der Waals surface area contributed by atoms with Gasteiger partial charge in [-0.2, -0.15) is 0 Å². The lowest BCUT2D eigenvalue weighted by atomic mass is 10.2. The van der Waals surface area contributed by atoms with E-state index in [1.165, 1.54) is 0 Å². The fourth-order valence-corrected chi connectivity index (χ4v) is 1.39. The van der Waals surface area contributed by atoms with Crippen molar-refractivity contribution in [2.24, 2.45) is 0 Å². The number of rotatable bonds is 2. The lowest BCUT2D eigenvalue weighted by Crippen LogP contribution is -1.98. The Morgan fingerprint density at radius 2 is 2.25 bits per heavy atom. The number of halogens is 1. The van der Waals surface area contributed by atoms with Gasteiger partial charge in [0.1, 0.15) is 0 Å². The summed E-state index contributed by atoms with van der Waals surface area (Å²) >= 11 is 3.17. The highest BCUT2D eigenvalue weighted by Crippen LogP contribution is 2.20. The molecule has 0 radical (unpaired) electrons. The number of carboxylic acid groups (broad SMARTS) is 1. The summed E-state index contributed by atoms with van der Waals surface area (Å²) in [5.74, 6) is -0.926. The molecule has 0 unspecified atom stereocenters. The van der Waals surface area contributed by atoms with Crippen molar-refractivity contribution in [1.82, 2.24) is 0 Å². The zero-order valence-electron chi connectivity index (χ0n) is 6.47. The second-order valence-electron chi connectivity index (χ2n) is 2.25. The predicted molar refractivity (Wildman–Crippen MR) is 50.6 cm³/mol. The van der Waals surface area contributed by atoms with Gasteiger partial charge in [0.25, 0.3) is 0 Å². The first-order chi connectivity index (χ1) is 5.65. The fourth-order valence-electron chi connectivity index (χ4n) is 0.844. The Balaban J connectivity index is 3.12. The highest BCUT2D eigenvalue weighted by Gasteiger charge is 2.07. The molecule has 0 saturated heterocycles. The van der Waals surface area contributed by atoms with Crippen LogP contribution in [-0.2, 0) is 0 Å². The lowest BCUT2D eigenvalue weighted by Gasteiger charge is -2.02. The quantitative estimate of drug-likeness (QED) is 0.818. The summed E-state index contributed by atoms with van der Waals surface area (Å²) in [4.78, 5) is 10.6. The van der Waals surface area contributed by atoms with Crippen LogP contribution in [0.1, 0.15) is 10.4 Å². The second-order valence-corrected chi connectivity index (χ2v) is 3.10. The molecule has 4 heteroatoms. The van der Waals surface area contributed by atoms with Crippen LogP contribution < -0.4 is 5.32 Å². The molecule has 1 aromatic rings. The molecule has 1 aromatic carbocycles. The van der Waals surface area contributed by atoms with Gasteiger partial charge in [-0.3, -0.25) is 0 Å². The Morgan fingerprint density at radius 3 is 2.67 bits per heavy atom. The summed E-state index contributed by atoms with van der Waals surface area (Å²) in [6.07, 6.45) is 0. The molecule has 0 aliphatic rings. The van der Waals surface area contributed by atoms with Crippen molar-refractivity contribution < 1.29 is 9.90 Å². The highest BCUT2D eigenvalue weighted by molar-refractivity contribution is 9.10. The smallest absolute Gasteiger partial charge is 0.336 e. The van der Waals surface area contributed by atoms with E-state index in [-0.39, 0.29) is 5.56 Å². The first kappa shape index (κ1) is 9.06. The molecule has 12 heavy (non-hydrogen) atoms. The second kappa shape index (κ2) is 3.58. The van der Waals surface area contributed by atoms with Gasteiger partial charge < -0.3 is 10.4 Å². The van der Waals surface area contributed by atoms with E-state index in [1.807, 2.05) is 0 Å². The van der Waals surface area contributed by atoms with E-state index in [1.54, 1.807) is 25.2 Å². The highest BCUT2D eigenvalue weighted by atomic mass is 79.9. The summed E-state index contributed by atoms with van der Waals surface area (Å²) < 4.78 is 0.585. The van der Waals surface area contributed by atoms with Crippen LogP contribution in [0.15, 0.2) is 22.7 Å². The number of aromatic carboxylic acids is 1. The third kappa shape index (κ3) is 1.76. The van der Waals surface area contributed by atoms with Crippen molar-refractivity contribution in [3.8, 4) is 0 Å². The molecule has 0 amide bonds. The van der Waals surface area contributed by atoms with Crippen molar-refractivity contribution in [3.05, 3.63) is 28.2 Å². The summed E-state index contributed by atoms with van der Waals surface area (Å²) in [5, 5.41) is 11.6. The third-order valence-corrected chi connectivity index (χ3v) is 2.14. The van der Waals surface area contributed by atoms with Gasteiger partial charge in [0.2, 0.25) is 0 Å². The Morgan fingerprint density at radius 1 is 1.58 bits per heavy atom. The number of benzene rings is 1. The number of anilines is 1. The van der Waals surface area contributed by atoms with Crippen molar-refractivity contribution in [2.75, 3.05) is 12.4 Å². The van der Waals surface area contributed by atoms with E-state index >= 15 is 0 Å². The number of nitrogens with one attached hydrogen (secondary N) is 1. The topological polar surface area (TPSA) is 49.3 Å². The molecule has 0 aromatic heterocycles. The van der Waals surface area contributed by atoms with Gasteiger partial charge in [-0.1, -0.05) is 0 Å². The van der Waals surface area contributed by atoms with Gasteiger partial charge >= 0.3 is 5.97 Å². The summed E-state index contributed by atoms with van der Waals surface area (Å²) in [5.41, 5.74) is 1.15. The molecule has 0 atom stereocenters. The number of hydrogen-bond donors (Lipinski definition) is 2. The number of carboxylic acids is 1. The monoisotopic (exact) mass is 229 g/mol. The molecule has 2 N–H and O–H groups in total. The minimum atomic E-state index is -0.926. The Hall–Kier alpha value is -1.03. The van der Waals surface area contributed by atoms with E-state index < -0.39 is 5.97 Å². The van der Waals surface area contributed by atoms with Crippen LogP contribution in [0, 0.1) is 0 Å². The summed E-state index contributed by atoms with van der Waals surface area (Å²) in [7, 11) is 1.78. The van der Waals surface area contributed by atoms with Gasteiger partial charge in [-0.05, 0) is 34.1 Å². The first-order valence-electron chi connectivity index (χ1n) is 3.35. The molecular weight excluding hydrogens is 222 g/mol. The molecule has 0 fully saturated rings. The van der Waals surface area contributed by atoms with Crippen LogP contribution in [0.25, 0.3) is 0 Å². The summed E-state index contributed by atoms with van der Waals surface area (Å²) in [6.45, 7) is 0. The zero-order chi connectivity index (χ0) is 9.14. The molecule has 3 nitrogen and oxygen atoms in total. The predicted octanol–water partition coefficient (Wildman–Crippen LogP) is 2.19. The minimum absolute atomic E-state index is 0.272. The molecule has 0 aliphatic carbocycles. The maximum absolute atomic E-state index is 10.6. The van der Waals surface area contributed by atoms with Crippen LogP contribution in [-0.4, -0.2) is 18.1 Å². The van der Waals surface area contributed by atoms with Gasteiger partial charge in [0.05, 0.1) is 5.56 Å². The molecule has 0 saturated carbocycles. The number of carbonyl (C=O) groups is 1. The van der Waals surface area contributed by atoms with Gasteiger partial charge in [0, 0.05) is 17.2 Å². The van der Waals surface area contributed by atoms with E-state index in [4.69, 9.17) is 5.11 Å². The SMILES string of the molecule is CNc1ccc(C(=O)O)c(Br)c1. The van der Waals surface area contributed by atoms with Crippen LogP contribution >= 0.6 is 15.9 Å². The maximum Gasteiger partial charge on any atom is 0.336 e. The number of hydrogen-bond acceptors (Lipinski definition) is 2. The average Bonchev–Trinajstić information content (AvgIpc) is 2.03. The van der Waals surface area contributed by atoms with Gasteiger partial charge in [-0.15, -0.1) is 0 Å². The Kier molecular flexibility index (Phi) is 2.70.